The van der Waals surface area contributed by atoms with E-state index >= 15 is 0 Å². The molecule has 0 radical (unpaired) electrons. The number of hydrogen-bond donors (Lipinski definition) is 1. The van der Waals surface area contributed by atoms with Crippen molar-refractivity contribution in [1.82, 2.24) is 0 Å². The maximum Gasteiger partial charge on any atom is 0.265 e. The molecule has 1 aliphatic rings. The van der Waals surface area contributed by atoms with Gasteiger partial charge in [-0.05, 0) is 79.5 Å². The molecule has 0 unspecified atom stereocenters. The first-order valence-corrected chi connectivity index (χ1v) is 9.22. The highest BCUT2D eigenvalue weighted by atomic mass is 16.5. The molecule has 1 N–H and O–H groups in total. The van der Waals surface area contributed by atoms with E-state index in [1.54, 1.807) is 6.92 Å². The Kier molecular flexibility index (Phi) is 5.42. The number of carbonyl (C=O) groups excluding carboxylic acids is 1. The minimum absolute atomic E-state index is 0.130. The highest BCUT2D eigenvalue weighted by Gasteiger charge is 2.16. The summed E-state index contributed by atoms with van der Waals surface area (Å²) in [6, 6.07) is 14.2. The molecule has 25 heavy (non-hydrogen) atoms. The van der Waals surface area contributed by atoms with Crippen molar-refractivity contribution in [2.45, 2.75) is 58.5 Å². The molecular formula is C22H27NO2. The molecule has 0 aromatic heterocycles. The number of rotatable bonds is 5. The molecule has 0 fully saturated rings. The fourth-order valence-electron chi connectivity index (χ4n) is 3.24. The van der Waals surface area contributed by atoms with Crippen molar-refractivity contribution in [1.29, 1.82) is 0 Å². The average molecular weight is 337 g/mol. The van der Waals surface area contributed by atoms with Gasteiger partial charge in [-0.3, -0.25) is 4.79 Å². The van der Waals surface area contributed by atoms with Gasteiger partial charge in [-0.1, -0.05) is 32.0 Å². The number of benzene rings is 2. The number of hydrogen-bond acceptors (Lipinski definition) is 2. The number of ether oxygens (including phenoxy) is 1. The molecule has 0 heterocycles. The van der Waals surface area contributed by atoms with Crippen LogP contribution in [0.1, 0.15) is 56.2 Å². The van der Waals surface area contributed by atoms with Gasteiger partial charge in [-0.2, -0.15) is 0 Å². The summed E-state index contributed by atoms with van der Waals surface area (Å²) in [4.78, 5) is 12.4. The molecule has 1 aliphatic carbocycles. The van der Waals surface area contributed by atoms with Gasteiger partial charge in [0.05, 0.1) is 0 Å². The van der Waals surface area contributed by atoms with Gasteiger partial charge in [-0.25, -0.2) is 0 Å². The second-order valence-corrected chi connectivity index (χ2v) is 7.16. The van der Waals surface area contributed by atoms with E-state index < -0.39 is 6.10 Å². The molecule has 0 saturated carbocycles. The third-order valence-electron chi connectivity index (χ3n) is 4.85. The maximum atomic E-state index is 12.4. The second-order valence-electron chi connectivity index (χ2n) is 7.16. The lowest BCUT2D eigenvalue weighted by Crippen LogP contribution is -2.30. The van der Waals surface area contributed by atoms with Crippen LogP contribution >= 0.6 is 0 Å². The van der Waals surface area contributed by atoms with Crippen molar-refractivity contribution in [3.63, 3.8) is 0 Å². The minimum atomic E-state index is -0.536. The zero-order chi connectivity index (χ0) is 17.8. The lowest BCUT2D eigenvalue weighted by Gasteiger charge is -2.19. The van der Waals surface area contributed by atoms with Gasteiger partial charge in [-0.15, -0.1) is 0 Å². The minimum Gasteiger partial charge on any atom is -0.481 e. The van der Waals surface area contributed by atoms with Crippen LogP contribution in [0, 0.1) is 0 Å². The summed E-state index contributed by atoms with van der Waals surface area (Å²) in [5.74, 6) is 1.13. The molecule has 0 aliphatic heterocycles. The third-order valence-corrected chi connectivity index (χ3v) is 4.85. The Morgan fingerprint density at radius 3 is 2.32 bits per heavy atom. The molecule has 0 spiro atoms. The topological polar surface area (TPSA) is 38.3 Å². The first kappa shape index (κ1) is 17.5. The van der Waals surface area contributed by atoms with Crippen LogP contribution in [0.5, 0.6) is 5.75 Å². The quantitative estimate of drug-likeness (QED) is 0.825. The van der Waals surface area contributed by atoms with Gasteiger partial charge in [0, 0.05) is 5.69 Å². The van der Waals surface area contributed by atoms with E-state index in [4.69, 9.17) is 4.74 Å². The Bertz CT molecular complexity index is 734. The number of nitrogens with one attached hydrogen (secondary N) is 1. The number of carbonyl (C=O) groups is 1. The van der Waals surface area contributed by atoms with Crippen molar-refractivity contribution < 1.29 is 9.53 Å². The summed E-state index contributed by atoms with van der Waals surface area (Å²) in [6.07, 6.45) is 4.22. The van der Waals surface area contributed by atoms with Gasteiger partial charge in [0.25, 0.3) is 5.91 Å². The van der Waals surface area contributed by atoms with Gasteiger partial charge >= 0.3 is 0 Å². The van der Waals surface area contributed by atoms with Crippen LogP contribution in [-0.2, 0) is 17.6 Å². The normalized spacial score (nSPS) is 14.7. The van der Waals surface area contributed by atoms with Gasteiger partial charge in [0.15, 0.2) is 6.10 Å². The summed E-state index contributed by atoms with van der Waals surface area (Å²) in [5, 5.41) is 2.93. The van der Waals surface area contributed by atoms with Crippen LogP contribution in [0.3, 0.4) is 0 Å². The van der Waals surface area contributed by atoms with Crippen molar-refractivity contribution in [2.24, 2.45) is 0 Å². The Morgan fingerprint density at radius 2 is 1.64 bits per heavy atom. The van der Waals surface area contributed by atoms with Crippen molar-refractivity contribution in [3.05, 3.63) is 59.2 Å². The largest absolute Gasteiger partial charge is 0.481 e. The van der Waals surface area contributed by atoms with Crippen LogP contribution in [0.4, 0.5) is 5.69 Å². The van der Waals surface area contributed by atoms with E-state index in [1.165, 1.54) is 29.5 Å². The van der Waals surface area contributed by atoms with Crippen LogP contribution in [0.2, 0.25) is 0 Å². The molecule has 3 rings (SSSR count). The van der Waals surface area contributed by atoms with Crippen LogP contribution in [0.15, 0.2) is 42.5 Å². The van der Waals surface area contributed by atoms with E-state index in [9.17, 15) is 4.79 Å². The van der Waals surface area contributed by atoms with E-state index in [-0.39, 0.29) is 5.91 Å². The summed E-state index contributed by atoms with van der Waals surface area (Å²) in [5.41, 5.74) is 4.84. The second kappa shape index (κ2) is 7.73. The molecule has 0 saturated heterocycles. The van der Waals surface area contributed by atoms with Crippen molar-refractivity contribution in [2.75, 3.05) is 5.32 Å². The molecular weight excluding hydrogens is 310 g/mol. The molecule has 2 aromatic rings. The average Bonchev–Trinajstić information content (AvgIpc) is 2.62. The van der Waals surface area contributed by atoms with Gasteiger partial charge in [0.1, 0.15) is 5.75 Å². The lowest BCUT2D eigenvalue weighted by atomic mass is 9.92. The summed E-state index contributed by atoms with van der Waals surface area (Å²) in [7, 11) is 0. The Balaban J connectivity index is 1.60. The summed E-state index contributed by atoms with van der Waals surface area (Å²) < 4.78 is 5.86. The van der Waals surface area contributed by atoms with Crippen LogP contribution in [0.25, 0.3) is 0 Å². The zero-order valence-corrected chi connectivity index (χ0v) is 15.3. The molecule has 1 atom stereocenters. The molecule has 0 bridgehead atoms. The van der Waals surface area contributed by atoms with E-state index in [0.717, 1.165) is 24.3 Å². The fraction of sp³-hybridized carbons (Fsp3) is 0.409. The van der Waals surface area contributed by atoms with Gasteiger partial charge < -0.3 is 10.1 Å². The third kappa shape index (κ3) is 4.41. The SMILES string of the molecule is CC(C)c1ccc(NC(=O)[C@H](C)Oc2ccc3c(c2)CCCC3)cc1. The highest BCUT2D eigenvalue weighted by molar-refractivity contribution is 5.94. The number of amides is 1. The standard InChI is InChI=1S/C22H27NO2/c1-15(2)17-8-11-20(12-9-17)23-22(24)16(3)25-21-13-10-18-6-4-5-7-19(18)14-21/h8-16H,4-7H2,1-3H3,(H,23,24)/t16-/m0/s1. The van der Waals surface area contributed by atoms with E-state index in [2.05, 4.69) is 43.4 Å². The summed E-state index contributed by atoms with van der Waals surface area (Å²) >= 11 is 0. The monoisotopic (exact) mass is 337 g/mol. The van der Waals surface area contributed by atoms with Crippen molar-refractivity contribution >= 4 is 11.6 Å². The van der Waals surface area contributed by atoms with Crippen molar-refractivity contribution in [3.8, 4) is 5.75 Å². The first-order valence-electron chi connectivity index (χ1n) is 9.22. The molecule has 132 valence electrons. The zero-order valence-electron chi connectivity index (χ0n) is 15.3. The Hall–Kier alpha value is -2.29. The molecule has 3 nitrogen and oxygen atoms in total. The fourth-order valence-corrected chi connectivity index (χ4v) is 3.24. The molecule has 3 heteroatoms. The predicted molar refractivity (Wildman–Crippen MR) is 102 cm³/mol. The van der Waals surface area contributed by atoms with Crippen LogP contribution < -0.4 is 10.1 Å². The van der Waals surface area contributed by atoms with E-state index in [1.807, 2.05) is 18.2 Å². The maximum absolute atomic E-state index is 12.4. The Morgan fingerprint density at radius 1 is 0.960 bits per heavy atom. The van der Waals surface area contributed by atoms with Gasteiger partial charge in [0.2, 0.25) is 0 Å². The first-order chi connectivity index (χ1) is 12.0. The predicted octanol–water partition coefficient (Wildman–Crippen LogP) is 5.09. The Labute approximate surface area is 150 Å². The summed E-state index contributed by atoms with van der Waals surface area (Å²) in [6.45, 7) is 6.10. The number of fused-ring (bicyclic) bond motifs is 1. The number of anilines is 1. The smallest absolute Gasteiger partial charge is 0.265 e. The molecule has 1 amide bonds. The highest BCUT2D eigenvalue weighted by Crippen LogP contribution is 2.26. The molecule has 2 aromatic carbocycles. The van der Waals surface area contributed by atoms with E-state index in [0.29, 0.717) is 5.92 Å². The number of aryl methyl sites for hydroxylation is 2. The lowest BCUT2D eigenvalue weighted by molar-refractivity contribution is -0.122. The van der Waals surface area contributed by atoms with Crippen LogP contribution in [-0.4, -0.2) is 12.0 Å².